The maximum absolute atomic E-state index is 6.10. The van der Waals surface area contributed by atoms with Crippen LogP contribution in [0.25, 0.3) is 0 Å². The molecule has 0 spiro atoms. The molecule has 2 aromatic rings. The highest BCUT2D eigenvalue weighted by atomic mass is 79.9. The van der Waals surface area contributed by atoms with Crippen molar-refractivity contribution in [3.05, 3.63) is 58.7 Å². The Hall–Kier alpha value is -1.48. The fourth-order valence-corrected chi connectivity index (χ4v) is 2.76. The van der Waals surface area contributed by atoms with E-state index in [1.54, 1.807) is 0 Å². The van der Waals surface area contributed by atoms with Crippen LogP contribution < -0.4 is 9.47 Å². The Bertz CT molecular complexity index is 588. The number of ether oxygens (including phenoxy) is 2. The number of hydrogen-bond acceptors (Lipinski definition) is 2. The number of para-hydroxylation sites is 1. The van der Waals surface area contributed by atoms with Crippen molar-refractivity contribution in [2.45, 2.75) is 32.7 Å². The van der Waals surface area contributed by atoms with Gasteiger partial charge >= 0.3 is 0 Å². The maximum Gasteiger partial charge on any atom is 0.165 e. The summed E-state index contributed by atoms with van der Waals surface area (Å²) in [5.74, 6) is 1.64. The molecule has 2 nitrogen and oxygen atoms in total. The molecule has 2 aromatic carbocycles. The van der Waals surface area contributed by atoms with Crippen LogP contribution in [0.5, 0.6) is 11.5 Å². The van der Waals surface area contributed by atoms with Crippen LogP contribution >= 0.6 is 15.9 Å². The fourth-order valence-electron chi connectivity index (χ4n) is 2.32. The van der Waals surface area contributed by atoms with Gasteiger partial charge in [0.25, 0.3) is 0 Å². The van der Waals surface area contributed by atoms with Gasteiger partial charge in [0.15, 0.2) is 11.5 Å². The van der Waals surface area contributed by atoms with Crippen molar-refractivity contribution in [3.8, 4) is 11.5 Å². The SMILES string of the molecule is CCOc1cccc(CBr)c1OCc1c(C)cccc1C. The molecular formula is C18H21BrO2. The van der Waals surface area contributed by atoms with Gasteiger partial charge in [-0.25, -0.2) is 0 Å². The van der Waals surface area contributed by atoms with Crippen molar-refractivity contribution in [2.24, 2.45) is 0 Å². The Morgan fingerprint density at radius 1 is 0.952 bits per heavy atom. The lowest BCUT2D eigenvalue weighted by Gasteiger charge is -2.17. The summed E-state index contributed by atoms with van der Waals surface area (Å²) in [6.07, 6.45) is 0. The molecular weight excluding hydrogens is 328 g/mol. The lowest BCUT2D eigenvalue weighted by atomic mass is 10.0. The van der Waals surface area contributed by atoms with Gasteiger partial charge in [-0.05, 0) is 43.5 Å². The van der Waals surface area contributed by atoms with Crippen LogP contribution in [0, 0.1) is 13.8 Å². The van der Waals surface area contributed by atoms with Crippen LogP contribution in [0.3, 0.4) is 0 Å². The molecule has 0 atom stereocenters. The number of aryl methyl sites for hydroxylation is 2. The average molecular weight is 349 g/mol. The van der Waals surface area contributed by atoms with Gasteiger partial charge in [-0.3, -0.25) is 0 Å². The van der Waals surface area contributed by atoms with Crippen LogP contribution in [-0.2, 0) is 11.9 Å². The Labute approximate surface area is 135 Å². The molecule has 0 N–H and O–H groups in total. The molecule has 0 amide bonds. The third kappa shape index (κ3) is 3.79. The molecule has 0 aliphatic heterocycles. The second-order valence-corrected chi connectivity index (χ2v) is 5.53. The first-order valence-electron chi connectivity index (χ1n) is 7.16. The van der Waals surface area contributed by atoms with Crippen molar-refractivity contribution in [1.29, 1.82) is 0 Å². The molecule has 3 heteroatoms. The van der Waals surface area contributed by atoms with Gasteiger partial charge in [0.1, 0.15) is 6.61 Å². The number of halogens is 1. The minimum absolute atomic E-state index is 0.558. The third-order valence-electron chi connectivity index (χ3n) is 3.51. The molecule has 2 rings (SSSR count). The monoisotopic (exact) mass is 348 g/mol. The quantitative estimate of drug-likeness (QED) is 0.670. The molecule has 0 aliphatic rings. The van der Waals surface area contributed by atoms with Gasteiger partial charge in [0, 0.05) is 10.9 Å². The first-order chi connectivity index (χ1) is 10.2. The van der Waals surface area contributed by atoms with Gasteiger partial charge in [-0.1, -0.05) is 46.3 Å². The predicted molar refractivity (Wildman–Crippen MR) is 90.5 cm³/mol. The molecule has 0 heterocycles. The molecule has 0 aromatic heterocycles. The summed E-state index contributed by atoms with van der Waals surface area (Å²) >= 11 is 3.51. The summed E-state index contributed by atoms with van der Waals surface area (Å²) < 4.78 is 11.8. The Morgan fingerprint density at radius 3 is 2.24 bits per heavy atom. The molecule has 21 heavy (non-hydrogen) atoms. The van der Waals surface area contributed by atoms with E-state index in [-0.39, 0.29) is 0 Å². The van der Waals surface area contributed by atoms with E-state index in [1.165, 1.54) is 16.7 Å². The van der Waals surface area contributed by atoms with Crippen LogP contribution in [0.4, 0.5) is 0 Å². The Kier molecular flexibility index (Phi) is 5.68. The highest BCUT2D eigenvalue weighted by Crippen LogP contribution is 2.33. The number of benzene rings is 2. The minimum atomic E-state index is 0.558. The zero-order valence-electron chi connectivity index (χ0n) is 12.8. The van der Waals surface area contributed by atoms with Crippen molar-refractivity contribution >= 4 is 15.9 Å². The smallest absolute Gasteiger partial charge is 0.165 e. The fraction of sp³-hybridized carbons (Fsp3) is 0.333. The minimum Gasteiger partial charge on any atom is -0.490 e. The lowest BCUT2D eigenvalue weighted by Crippen LogP contribution is -2.04. The lowest BCUT2D eigenvalue weighted by molar-refractivity contribution is 0.266. The van der Waals surface area contributed by atoms with Crippen molar-refractivity contribution in [3.63, 3.8) is 0 Å². The van der Waals surface area contributed by atoms with E-state index in [9.17, 15) is 0 Å². The molecule has 0 saturated carbocycles. The van der Waals surface area contributed by atoms with Crippen molar-refractivity contribution in [1.82, 2.24) is 0 Å². The van der Waals surface area contributed by atoms with E-state index in [4.69, 9.17) is 9.47 Å². The average Bonchev–Trinajstić information content (AvgIpc) is 2.48. The van der Waals surface area contributed by atoms with E-state index >= 15 is 0 Å². The van der Waals surface area contributed by atoms with Crippen LogP contribution in [-0.4, -0.2) is 6.61 Å². The number of hydrogen-bond donors (Lipinski definition) is 0. The maximum atomic E-state index is 6.10. The van der Waals surface area contributed by atoms with E-state index in [2.05, 4.69) is 54.0 Å². The number of rotatable bonds is 6. The molecule has 0 aliphatic carbocycles. The molecule has 0 saturated heterocycles. The van der Waals surface area contributed by atoms with Crippen LogP contribution in [0.15, 0.2) is 36.4 Å². The second-order valence-electron chi connectivity index (χ2n) is 4.97. The van der Waals surface area contributed by atoms with E-state index in [1.807, 2.05) is 19.1 Å². The van der Waals surface area contributed by atoms with E-state index in [0.29, 0.717) is 13.2 Å². The van der Waals surface area contributed by atoms with Crippen molar-refractivity contribution < 1.29 is 9.47 Å². The topological polar surface area (TPSA) is 18.5 Å². The standard InChI is InChI=1S/C18H21BrO2/c1-4-20-17-10-6-9-15(11-19)18(17)21-12-16-13(2)7-5-8-14(16)3/h5-10H,4,11-12H2,1-3H3. The first kappa shape index (κ1) is 15.9. The first-order valence-corrected chi connectivity index (χ1v) is 8.28. The van der Waals surface area contributed by atoms with Gasteiger partial charge < -0.3 is 9.47 Å². The normalized spacial score (nSPS) is 10.5. The Morgan fingerprint density at radius 2 is 1.62 bits per heavy atom. The summed E-state index contributed by atoms with van der Waals surface area (Å²) in [6.45, 7) is 7.40. The largest absolute Gasteiger partial charge is 0.490 e. The van der Waals surface area contributed by atoms with Gasteiger partial charge in [0.2, 0.25) is 0 Å². The van der Waals surface area contributed by atoms with Crippen LogP contribution in [0.2, 0.25) is 0 Å². The zero-order valence-corrected chi connectivity index (χ0v) is 14.4. The molecule has 0 unspecified atom stereocenters. The summed E-state index contributed by atoms with van der Waals surface area (Å²) in [5.41, 5.74) is 4.85. The summed E-state index contributed by atoms with van der Waals surface area (Å²) in [6, 6.07) is 12.3. The second kappa shape index (κ2) is 7.51. The zero-order chi connectivity index (χ0) is 15.2. The highest BCUT2D eigenvalue weighted by Gasteiger charge is 2.12. The van der Waals surface area contributed by atoms with Crippen LogP contribution in [0.1, 0.15) is 29.2 Å². The number of alkyl halides is 1. The van der Waals surface area contributed by atoms with Crippen molar-refractivity contribution in [2.75, 3.05) is 6.61 Å². The highest BCUT2D eigenvalue weighted by molar-refractivity contribution is 9.08. The molecule has 112 valence electrons. The molecule has 0 radical (unpaired) electrons. The van der Waals surface area contributed by atoms with Gasteiger partial charge in [0.05, 0.1) is 6.61 Å². The summed E-state index contributed by atoms with van der Waals surface area (Å²) in [4.78, 5) is 0. The van der Waals surface area contributed by atoms with Gasteiger partial charge in [-0.15, -0.1) is 0 Å². The third-order valence-corrected chi connectivity index (χ3v) is 4.11. The van der Waals surface area contributed by atoms with E-state index in [0.717, 1.165) is 22.4 Å². The predicted octanol–water partition coefficient (Wildman–Crippen LogP) is 5.18. The molecule has 0 fully saturated rings. The summed E-state index contributed by atoms with van der Waals surface area (Å²) in [7, 11) is 0. The summed E-state index contributed by atoms with van der Waals surface area (Å²) in [5, 5.41) is 0.746. The Balaban J connectivity index is 2.27. The van der Waals surface area contributed by atoms with E-state index < -0.39 is 0 Å². The molecule has 0 bridgehead atoms. The van der Waals surface area contributed by atoms with Gasteiger partial charge in [-0.2, -0.15) is 0 Å².